The third-order valence-corrected chi connectivity index (χ3v) is 4.63. The Hall–Kier alpha value is -1.79. The number of hydrogen-bond acceptors (Lipinski definition) is 3. The zero-order valence-corrected chi connectivity index (χ0v) is 12.9. The lowest BCUT2D eigenvalue weighted by Crippen LogP contribution is -2.14. The van der Waals surface area contributed by atoms with Crippen LogP contribution in [-0.4, -0.2) is 15.5 Å². The Morgan fingerprint density at radius 2 is 1.90 bits per heavy atom. The summed E-state index contributed by atoms with van der Waals surface area (Å²) in [7, 11) is -2.49. The molecule has 0 aromatic heterocycles. The number of sulfonamides is 1. The van der Waals surface area contributed by atoms with Gasteiger partial charge in [0.05, 0.1) is 17.8 Å². The second kappa shape index (κ2) is 5.91. The van der Waals surface area contributed by atoms with E-state index in [1.165, 1.54) is 7.11 Å². The molecular formula is C14H13ClFNO3S. The summed E-state index contributed by atoms with van der Waals surface area (Å²) < 4.78 is 45.2. The molecule has 2 rings (SSSR count). The van der Waals surface area contributed by atoms with Crippen LogP contribution >= 0.6 is 11.6 Å². The van der Waals surface area contributed by atoms with Gasteiger partial charge in [-0.05, 0) is 42.8 Å². The van der Waals surface area contributed by atoms with E-state index in [4.69, 9.17) is 16.3 Å². The molecule has 0 saturated heterocycles. The predicted octanol–water partition coefficient (Wildman–Crippen LogP) is 3.60. The van der Waals surface area contributed by atoms with Gasteiger partial charge in [0.2, 0.25) is 0 Å². The molecule has 0 aliphatic carbocycles. The molecule has 0 fully saturated rings. The van der Waals surface area contributed by atoms with Crippen molar-refractivity contribution < 1.29 is 17.5 Å². The highest BCUT2D eigenvalue weighted by molar-refractivity contribution is 7.92. The van der Waals surface area contributed by atoms with E-state index in [1.807, 2.05) is 6.92 Å². The normalized spacial score (nSPS) is 11.2. The van der Waals surface area contributed by atoms with E-state index in [2.05, 4.69) is 4.72 Å². The Kier molecular flexibility index (Phi) is 4.39. The smallest absolute Gasteiger partial charge is 0.263 e. The Morgan fingerprint density at radius 1 is 1.19 bits per heavy atom. The molecule has 0 spiro atoms. The highest BCUT2D eigenvalue weighted by Crippen LogP contribution is 2.30. The Labute approximate surface area is 127 Å². The minimum Gasteiger partial charge on any atom is -0.495 e. The molecule has 0 radical (unpaired) electrons. The standard InChI is InChI=1S/C14H13ClFNO3S/c1-9-3-5-12(13(7-9)20-2)17-21(18,19)14-6-4-10(16)8-11(14)15/h3-8,17H,1-2H3. The number of methoxy groups -OCH3 is 1. The van der Waals surface area contributed by atoms with Crippen molar-refractivity contribution in [1.29, 1.82) is 0 Å². The van der Waals surface area contributed by atoms with E-state index in [0.717, 1.165) is 23.8 Å². The average molecular weight is 330 g/mol. The van der Waals surface area contributed by atoms with Crippen LogP contribution in [0.1, 0.15) is 5.56 Å². The van der Waals surface area contributed by atoms with E-state index in [9.17, 15) is 12.8 Å². The molecule has 21 heavy (non-hydrogen) atoms. The molecule has 0 unspecified atom stereocenters. The fraction of sp³-hybridized carbons (Fsp3) is 0.143. The van der Waals surface area contributed by atoms with Crippen molar-refractivity contribution in [2.75, 3.05) is 11.8 Å². The van der Waals surface area contributed by atoms with Crippen LogP contribution in [0.2, 0.25) is 5.02 Å². The predicted molar refractivity (Wildman–Crippen MR) is 79.9 cm³/mol. The van der Waals surface area contributed by atoms with Gasteiger partial charge in [0.15, 0.2) is 0 Å². The maximum Gasteiger partial charge on any atom is 0.263 e. The molecule has 2 aromatic carbocycles. The van der Waals surface area contributed by atoms with Gasteiger partial charge in [-0.2, -0.15) is 0 Å². The molecule has 0 aliphatic heterocycles. The summed E-state index contributed by atoms with van der Waals surface area (Å²) in [5, 5.41) is -0.187. The lowest BCUT2D eigenvalue weighted by atomic mass is 10.2. The quantitative estimate of drug-likeness (QED) is 0.932. The fourth-order valence-electron chi connectivity index (χ4n) is 1.78. The average Bonchev–Trinajstić information content (AvgIpc) is 2.40. The monoisotopic (exact) mass is 329 g/mol. The number of halogens is 2. The number of hydrogen-bond donors (Lipinski definition) is 1. The highest BCUT2D eigenvalue weighted by Gasteiger charge is 2.20. The second-order valence-corrected chi connectivity index (χ2v) is 6.44. The molecule has 1 N–H and O–H groups in total. The van der Waals surface area contributed by atoms with Crippen LogP contribution in [0.15, 0.2) is 41.3 Å². The summed E-state index contributed by atoms with van der Waals surface area (Å²) in [6, 6.07) is 8.12. The summed E-state index contributed by atoms with van der Waals surface area (Å²) in [6.07, 6.45) is 0. The largest absolute Gasteiger partial charge is 0.495 e. The van der Waals surface area contributed by atoms with Crippen LogP contribution in [0, 0.1) is 12.7 Å². The molecule has 112 valence electrons. The van der Waals surface area contributed by atoms with Crippen LogP contribution < -0.4 is 9.46 Å². The first-order valence-corrected chi connectivity index (χ1v) is 7.82. The van der Waals surface area contributed by atoms with Crippen LogP contribution in [-0.2, 0) is 10.0 Å². The van der Waals surface area contributed by atoms with Crippen molar-refractivity contribution >= 4 is 27.3 Å². The number of rotatable bonds is 4. The summed E-state index contributed by atoms with van der Waals surface area (Å²) in [4.78, 5) is -0.201. The number of anilines is 1. The Bertz CT molecular complexity index is 778. The number of nitrogens with one attached hydrogen (secondary N) is 1. The van der Waals surface area contributed by atoms with Gasteiger partial charge in [-0.25, -0.2) is 12.8 Å². The molecule has 0 aliphatic rings. The first-order chi connectivity index (χ1) is 9.83. The van der Waals surface area contributed by atoms with Gasteiger partial charge >= 0.3 is 0 Å². The van der Waals surface area contributed by atoms with Gasteiger partial charge in [0.1, 0.15) is 16.5 Å². The molecule has 4 nitrogen and oxygen atoms in total. The molecule has 0 atom stereocenters. The van der Waals surface area contributed by atoms with Gasteiger partial charge < -0.3 is 4.74 Å². The van der Waals surface area contributed by atoms with Crippen molar-refractivity contribution in [2.24, 2.45) is 0 Å². The zero-order chi connectivity index (χ0) is 15.6. The van der Waals surface area contributed by atoms with Crippen molar-refractivity contribution in [2.45, 2.75) is 11.8 Å². The maximum atomic E-state index is 13.0. The van der Waals surface area contributed by atoms with Crippen molar-refractivity contribution in [1.82, 2.24) is 0 Å². The molecule has 0 bridgehead atoms. The number of aryl methyl sites for hydroxylation is 1. The molecular weight excluding hydrogens is 317 g/mol. The van der Waals surface area contributed by atoms with Gasteiger partial charge in [-0.3, -0.25) is 4.72 Å². The van der Waals surface area contributed by atoms with Crippen LogP contribution in [0.3, 0.4) is 0 Å². The van der Waals surface area contributed by atoms with Gasteiger partial charge in [0, 0.05) is 0 Å². The SMILES string of the molecule is COc1cc(C)ccc1NS(=O)(=O)c1ccc(F)cc1Cl. The van der Waals surface area contributed by atoms with Crippen molar-refractivity contribution in [3.8, 4) is 5.75 Å². The minimum atomic E-state index is -3.93. The van der Waals surface area contributed by atoms with Gasteiger partial charge in [-0.1, -0.05) is 17.7 Å². The van der Waals surface area contributed by atoms with Crippen LogP contribution in [0.25, 0.3) is 0 Å². The summed E-state index contributed by atoms with van der Waals surface area (Å²) in [5.41, 5.74) is 1.21. The molecule has 2 aromatic rings. The van der Waals surface area contributed by atoms with E-state index in [1.54, 1.807) is 18.2 Å². The summed E-state index contributed by atoms with van der Waals surface area (Å²) in [5.74, 6) is -0.219. The first-order valence-electron chi connectivity index (χ1n) is 5.96. The fourth-order valence-corrected chi connectivity index (χ4v) is 3.38. The van der Waals surface area contributed by atoms with E-state index >= 15 is 0 Å². The van der Waals surface area contributed by atoms with Gasteiger partial charge in [-0.15, -0.1) is 0 Å². The molecule has 0 amide bonds. The van der Waals surface area contributed by atoms with E-state index in [0.29, 0.717) is 5.75 Å². The van der Waals surface area contributed by atoms with Crippen molar-refractivity contribution in [3.05, 3.63) is 52.8 Å². The third kappa shape index (κ3) is 3.46. The zero-order valence-electron chi connectivity index (χ0n) is 11.4. The minimum absolute atomic E-state index is 0.187. The lowest BCUT2D eigenvalue weighted by Gasteiger charge is -2.13. The van der Waals surface area contributed by atoms with Crippen LogP contribution in [0.4, 0.5) is 10.1 Å². The number of ether oxygens (including phenoxy) is 1. The maximum absolute atomic E-state index is 13.0. The Balaban J connectivity index is 2.42. The molecule has 7 heteroatoms. The third-order valence-electron chi connectivity index (χ3n) is 2.78. The van der Waals surface area contributed by atoms with Crippen molar-refractivity contribution in [3.63, 3.8) is 0 Å². The molecule has 0 heterocycles. The van der Waals surface area contributed by atoms with Crippen LogP contribution in [0.5, 0.6) is 5.75 Å². The number of benzene rings is 2. The topological polar surface area (TPSA) is 55.4 Å². The lowest BCUT2D eigenvalue weighted by molar-refractivity contribution is 0.416. The second-order valence-electron chi connectivity index (χ2n) is 4.38. The molecule has 0 saturated carbocycles. The summed E-state index contributed by atoms with van der Waals surface area (Å²) >= 11 is 5.79. The highest BCUT2D eigenvalue weighted by atomic mass is 35.5. The van der Waals surface area contributed by atoms with Gasteiger partial charge in [0.25, 0.3) is 10.0 Å². The van der Waals surface area contributed by atoms with E-state index < -0.39 is 15.8 Å². The van der Waals surface area contributed by atoms with E-state index in [-0.39, 0.29) is 15.6 Å². The first kappa shape index (κ1) is 15.6. The summed E-state index contributed by atoms with van der Waals surface area (Å²) in [6.45, 7) is 1.86. The Morgan fingerprint density at radius 3 is 2.52 bits per heavy atom.